The third kappa shape index (κ3) is 3.93. The molecule has 0 fully saturated rings. The molecule has 0 atom stereocenters. The number of benzene rings is 2. The van der Waals surface area contributed by atoms with Crippen molar-refractivity contribution in [2.45, 2.75) is 0 Å². The van der Waals surface area contributed by atoms with Crippen molar-refractivity contribution in [2.75, 3.05) is 26.1 Å². The van der Waals surface area contributed by atoms with Crippen LogP contribution in [0.1, 0.15) is 10.6 Å². The molecule has 0 unspecified atom stereocenters. The highest BCUT2D eigenvalue weighted by molar-refractivity contribution is 7.11. The lowest BCUT2D eigenvalue weighted by molar-refractivity contribution is 0.415. The molecule has 1 aromatic heterocycles. The lowest BCUT2D eigenvalue weighted by Crippen LogP contribution is -2.07. The fraction of sp³-hybridized carbons (Fsp3) is 0.143. The number of rotatable bonds is 5. The molecule has 0 spiro atoms. The summed E-state index contributed by atoms with van der Waals surface area (Å²) in [4.78, 5) is 6.67. The second-order valence-electron chi connectivity index (χ2n) is 5.92. The lowest BCUT2D eigenvalue weighted by Gasteiger charge is -2.11. The molecule has 4 nitrogen and oxygen atoms in total. The zero-order valence-electron chi connectivity index (χ0n) is 14.9. The molecule has 2 aromatic carbocycles. The average molecular weight is 361 g/mol. The highest BCUT2D eigenvalue weighted by Gasteiger charge is 2.09. The summed E-state index contributed by atoms with van der Waals surface area (Å²) in [5, 5.41) is 12.2. The number of nitrogens with zero attached hydrogens (tertiary/aromatic N) is 3. The topological polar surface area (TPSA) is 49.1 Å². The molecule has 0 radical (unpaired) electrons. The van der Waals surface area contributed by atoms with E-state index in [-0.39, 0.29) is 0 Å². The van der Waals surface area contributed by atoms with Crippen LogP contribution in [0, 0.1) is 11.3 Å². The van der Waals surface area contributed by atoms with E-state index in [1.807, 2.05) is 79.0 Å². The van der Waals surface area contributed by atoms with Gasteiger partial charge in [0.1, 0.15) is 16.8 Å². The molecule has 0 aliphatic carbocycles. The number of thiazole rings is 1. The summed E-state index contributed by atoms with van der Waals surface area (Å²) < 4.78 is 5.18. The molecule has 0 N–H and O–H groups in total. The molecule has 0 bridgehead atoms. The summed E-state index contributed by atoms with van der Waals surface area (Å²) in [6.45, 7) is 0. The summed E-state index contributed by atoms with van der Waals surface area (Å²) in [5.41, 5.74) is 4.52. The second kappa shape index (κ2) is 7.85. The van der Waals surface area contributed by atoms with Gasteiger partial charge in [-0.05, 0) is 48.0 Å². The minimum absolute atomic E-state index is 0.562. The van der Waals surface area contributed by atoms with Crippen LogP contribution in [-0.4, -0.2) is 26.2 Å². The van der Waals surface area contributed by atoms with Gasteiger partial charge in [0.2, 0.25) is 0 Å². The predicted octanol–water partition coefficient (Wildman–Crippen LogP) is 4.95. The monoisotopic (exact) mass is 361 g/mol. The number of aromatic nitrogens is 1. The maximum atomic E-state index is 9.56. The van der Waals surface area contributed by atoms with Crippen molar-refractivity contribution in [3.8, 4) is 23.1 Å². The average Bonchev–Trinajstić information content (AvgIpc) is 3.16. The first kappa shape index (κ1) is 17.7. The van der Waals surface area contributed by atoms with Gasteiger partial charge >= 0.3 is 0 Å². The lowest BCUT2D eigenvalue weighted by atomic mass is 10.1. The van der Waals surface area contributed by atoms with Gasteiger partial charge in [0.05, 0.1) is 18.4 Å². The van der Waals surface area contributed by atoms with E-state index in [2.05, 4.69) is 11.1 Å². The number of hydrogen-bond donors (Lipinski definition) is 0. The van der Waals surface area contributed by atoms with E-state index in [0.717, 1.165) is 33.3 Å². The first-order valence-electron chi connectivity index (χ1n) is 8.10. The molecule has 0 saturated carbocycles. The number of anilines is 1. The molecule has 3 aromatic rings. The van der Waals surface area contributed by atoms with Crippen molar-refractivity contribution in [3.05, 3.63) is 64.5 Å². The Balaban J connectivity index is 1.86. The normalized spacial score (nSPS) is 11.1. The maximum Gasteiger partial charge on any atom is 0.134 e. The smallest absolute Gasteiger partial charge is 0.134 e. The van der Waals surface area contributed by atoms with Crippen LogP contribution < -0.4 is 9.64 Å². The molecular formula is C21H19N3OS. The Hall–Kier alpha value is -3.10. The van der Waals surface area contributed by atoms with Crippen LogP contribution in [0.15, 0.2) is 53.9 Å². The van der Waals surface area contributed by atoms with E-state index >= 15 is 0 Å². The molecule has 3 rings (SSSR count). The maximum absolute atomic E-state index is 9.56. The zero-order valence-corrected chi connectivity index (χ0v) is 15.7. The SMILES string of the molecule is COc1ccc(-c2csc(/C(C#N)=C\c3ccc(N(C)C)cc3)n2)cc1. The van der Waals surface area contributed by atoms with Crippen LogP contribution in [-0.2, 0) is 0 Å². The van der Waals surface area contributed by atoms with Crippen molar-refractivity contribution in [3.63, 3.8) is 0 Å². The summed E-state index contributed by atoms with van der Waals surface area (Å²) in [5.74, 6) is 0.808. The summed E-state index contributed by atoms with van der Waals surface area (Å²) in [6.07, 6.45) is 1.87. The van der Waals surface area contributed by atoms with Crippen LogP contribution >= 0.6 is 11.3 Å². The van der Waals surface area contributed by atoms with Gasteiger partial charge in [-0.1, -0.05) is 12.1 Å². The van der Waals surface area contributed by atoms with E-state index < -0.39 is 0 Å². The molecular weight excluding hydrogens is 342 g/mol. The van der Waals surface area contributed by atoms with E-state index in [9.17, 15) is 5.26 Å². The fourth-order valence-electron chi connectivity index (χ4n) is 2.47. The van der Waals surface area contributed by atoms with Crippen LogP contribution in [0.5, 0.6) is 5.75 Å². The van der Waals surface area contributed by atoms with Crippen molar-refractivity contribution in [1.29, 1.82) is 5.26 Å². The summed E-state index contributed by atoms with van der Waals surface area (Å²) in [6, 6.07) is 18.1. The number of hydrogen-bond acceptors (Lipinski definition) is 5. The van der Waals surface area contributed by atoms with Crippen molar-refractivity contribution < 1.29 is 4.74 Å². The number of ether oxygens (including phenoxy) is 1. The Kier molecular flexibility index (Phi) is 5.35. The summed E-state index contributed by atoms with van der Waals surface area (Å²) in [7, 11) is 5.65. The molecule has 0 amide bonds. The number of nitriles is 1. The van der Waals surface area contributed by atoms with E-state index in [4.69, 9.17) is 4.74 Å². The number of methoxy groups -OCH3 is 1. The highest BCUT2D eigenvalue weighted by atomic mass is 32.1. The quantitative estimate of drug-likeness (QED) is 0.603. The standard InChI is InChI=1S/C21H19N3OS/c1-24(2)18-8-4-15(5-9-18)12-17(13-22)21-23-20(14-26-21)16-6-10-19(25-3)11-7-16/h4-12,14H,1-3H3/b17-12-. The van der Waals surface area contributed by atoms with Crippen molar-refractivity contribution in [1.82, 2.24) is 4.98 Å². The van der Waals surface area contributed by atoms with Crippen molar-refractivity contribution >= 4 is 28.7 Å². The van der Waals surface area contributed by atoms with Crippen LogP contribution in [0.2, 0.25) is 0 Å². The summed E-state index contributed by atoms with van der Waals surface area (Å²) >= 11 is 1.47. The molecule has 0 aliphatic rings. The Bertz CT molecular complexity index is 948. The first-order chi connectivity index (χ1) is 12.6. The van der Waals surface area contributed by atoms with E-state index in [1.54, 1.807) is 7.11 Å². The van der Waals surface area contributed by atoms with Crippen molar-refractivity contribution in [2.24, 2.45) is 0 Å². The fourth-order valence-corrected chi connectivity index (χ4v) is 3.26. The van der Waals surface area contributed by atoms with Gasteiger partial charge < -0.3 is 9.64 Å². The van der Waals surface area contributed by atoms with E-state index in [1.165, 1.54) is 11.3 Å². The Morgan fingerprint density at radius 3 is 2.38 bits per heavy atom. The third-order valence-corrected chi connectivity index (χ3v) is 4.84. The molecule has 5 heteroatoms. The molecule has 130 valence electrons. The molecule has 26 heavy (non-hydrogen) atoms. The Morgan fingerprint density at radius 2 is 1.81 bits per heavy atom. The highest BCUT2D eigenvalue weighted by Crippen LogP contribution is 2.28. The molecule has 0 saturated heterocycles. The van der Waals surface area contributed by atoms with Gasteiger partial charge in [-0.2, -0.15) is 5.26 Å². The van der Waals surface area contributed by atoms with Gasteiger partial charge in [-0.3, -0.25) is 0 Å². The van der Waals surface area contributed by atoms with Gasteiger partial charge in [0, 0.05) is 30.7 Å². The van der Waals surface area contributed by atoms with Gasteiger partial charge in [0.15, 0.2) is 0 Å². The largest absolute Gasteiger partial charge is 0.497 e. The minimum atomic E-state index is 0.562. The van der Waals surface area contributed by atoms with E-state index in [0.29, 0.717) is 5.57 Å². The van der Waals surface area contributed by atoms with Crippen LogP contribution in [0.3, 0.4) is 0 Å². The van der Waals surface area contributed by atoms with Gasteiger partial charge in [0.25, 0.3) is 0 Å². The van der Waals surface area contributed by atoms with Gasteiger partial charge in [-0.15, -0.1) is 11.3 Å². The van der Waals surface area contributed by atoms with Crippen LogP contribution in [0.25, 0.3) is 22.9 Å². The second-order valence-corrected chi connectivity index (χ2v) is 6.78. The zero-order chi connectivity index (χ0) is 18.5. The Morgan fingerprint density at radius 1 is 1.12 bits per heavy atom. The number of allylic oxidation sites excluding steroid dienone is 1. The Labute approximate surface area is 157 Å². The van der Waals surface area contributed by atoms with Crippen LogP contribution in [0.4, 0.5) is 5.69 Å². The molecule has 1 heterocycles. The van der Waals surface area contributed by atoms with Gasteiger partial charge in [-0.25, -0.2) is 4.98 Å². The first-order valence-corrected chi connectivity index (χ1v) is 8.98. The third-order valence-electron chi connectivity index (χ3n) is 3.96. The predicted molar refractivity (Wildman–Crippen MR) is 108 cm³/mol. The molecule has 0 aliphatic heterocycles. The minimum Gasteiger partial charge on any atom is -0.497 e.